The second-order valence-corrected chi connectivity index (χ2v) is 9.49. The maximum absolute atomic E-state index is 10.5. The summed E-state index contributed by atoms with van der Waals surface area (Å²) in [5.41, 5.74) is 3.28. The van der Waals surface area contributed by atoms with Crippen molar-refractivity contribution in [1.29, 1.82) is 0 Å². The van der Waals surface area contributed by atoms with Crippen LogP contribution in [-0.2, 0) is 12.0 Å². The third kappa shape index (κ3) is 5.64. The van der Waals surface area contributed by atoms with Gasteiger partial charge in [0, 0.05) is 51.7 Å². The number of ether oxygens (including phenoxy) is 1. The van der Waals surface area contributed by atoms with Crippen molar-refractivity contribution in [2.45, 2.75) is 38.8 Å². The first-order valence-electron chi connectivity index (χ1n) is 11.2. The highest BCUT2D eigenvalue weighted by molar-refractivity contribution is 5.39. The SMILES string of the molecule is CC(C)(C)c1ccccc1OCC(O)CN1CCN(Cc2cn3ccccc3n2)CC1. The van der Waals surface area contributed by atoms with E-state index in [2.05, 4.69) is 47.2 Å². The summed E-state index contributed by atoms with van der Waals surface area (Å²) in [6, 6.07) is 14.2. The normalized spacial score (nSPS) is 17.2. The van der Waals surface area contributed by atoms with E-state index in [9.17, 15) is 5.11 Å². The van der Waals surface area contributed by atoms with Crippen LogP contribution < -0.4 is 4.74 Å². The molecule has 1 saturated heterocycles. The summed E-state index contributed by atoms with van der Waals surface area (Å²) >= 11 is 0. The number of aliphatic hydroxyl groups is 1. The number of aromatic nitrogens is 2. The molecule has 1 fully saturated rings. The molecule has 1 aliphatic heterocycles. The first-order valence-corrected chi connectivity index (χ1v) is 11.2. The zero-order valence-corrected chi connectivity index (χ0v) is 18.9. The van der Waals surface area contributed by atoms with Gasteiger partial charge in [0.25, 0.3) is 0 Å². The van der Waals surface area contributed by atoms with Gasteiger partial charge in [-0.3, -0.25) is 9.80 Å². The van der Waals surface area contributed by atoms with Gasteiger partial charge in [-0.2, -0.15) is 0 Å². The highest BCUT2D eigenvalue weighted by Crippen LogP contribution is 2.31. The smallest absolute Gasteiger partial charge is 0.137 e. The van der Waals surface area contributed by atoms with Crippen molar-refractivity contribution >= 4 is 5.65 Å². The van der Waals surface area contributed by atoms with Crippen LogP contribution in [0, 0.1) is 0 Å². The van der Waals surface area contributed by atoms with Crippen LogP contribution in [-0.4, -0.2) is 69.7 Å². The number of fused-ring (bicyclic) bond motifs is 1. The number of benzene rings is 1. The van der Waals surface area contributed by atoms with Gasteiger partial charge in [0.2, 0.25) is 0 Å². The van der Waals surface area contributed by atoms with E-state index in [1.807, 2.05) is 42.6 Å². The number of hydrogen-bond acceptors (Lipinski definition) is 5. The van der Waals surface area contributed by atoms with Gasteiger partial charge in [-0.15, -0.1) is 0 Å². The van der Waals surface area contributed by atoms with Crippen molar-refractivity contribution in [3.63, 3.8) is 0 Å². The van der Waals surface area contributed by atoms with Crippen LogP contribution in [0.4, 0.5) is 0 Å². The molecule has 0 bridgehead atoms. The molecule has 31 heavy (non-hydrogen) atoms. The Balaban J connectivity index is 1.23. The number of para-hydroxylation sites is 1. The first kappa shape index (κ1) is 21.8. The van der Waals surface area contributed by atoms with E-state index in [1.165, 1.54) is 5.56 Å². The van der Waals surface area contributed by atoms with Crippen molar-refractivity contribution in [3.8, 4) is 5.75 Å². The van der Waals surface area contributed by atoms with Gasteiger partial charge in [0.1, 0.15) is 24.1 Å². The summed E-state index contributed by atoms with van der Waals surface area (Å²) in [7, 11) is 0. The second-order valence-electron chi connectivity index (χ2n) is 9.49. The Morgan fingerprint density at radius 1 is 1.00 bits per heavy atom. The Bertz CT molecular complexity index is 953. The summed E-state index contributed by atoms with van der Waals surface area (Å²) in [6.45, 7) is 12.2. The number of nitrogens with zero attached hydrogens (tertiary/aromatic N) is 4. The number of imidazole rings is 1. The zero-order valence-electron chi connectivity index (χ0n) is 18.9. The van der Waals surface area contributed by atoms with Crippen LogP contribution in [0.1, 0.15) is 32.0 Å². The molecule has 2 aromatic heterocycles. The molecule has 1 aliphatic rings. The minimum atomic E-state index is -0.502. The molecule has 4 rings (SSSR count). The maximum Gasteiger partial charge on any atom is 0.137 e. The first-order chi connectivity index (χ1) is 14.9. The van der Waals surface area contributed by atoms with Crippen LogP contribution in [0.25, 0.3) is 5.65 Å². The quantitative estimate of drug-likeness (QED) is 0.634. The van der Waals surface area contributed by atoms with E-state index in [-0.39, 0.29) is 5.41 Å². The largest absolute Gasteiger partial charge is 0.491 e. The minimum Gasteiger partial charge on any atom is -0.491 e. The lowest BCUT2D eigenvalue weighted by Gasteiger charge is -2.35. The summed E-state index contributed by atoms with van der Waals surface area (Å²) in [4.78, 5) is 9.46. The van der Waals surface area contributed by atoms with Gasteiger partial charge in [-0.1, -0.05) is 45.0 Å². The highest BCUT2D eigenvalue weighted by Gasteiger charge is 2.22. The summed E-state index contributed by atoms with van der Waals surface area (Å²) in [5.74, 6) is 0.867. The molecule has 166 valence electrons. The van der Waals surface area contributed by atoms with Gasteiger partial charge >= 0.3 is 0 Å². The molecular formula is C25H34N4O2. The van der Waals surface area contributed by atoms with Gasteiger partial charge in [-0.05, 0) is 29.2 Å². The van der Waals surface area contributed by atoms with Crippen LogP contribution in [0.5, 0.6) is 5.75 Å². The maximum atomic E-state index is 10.5. The van der Waals surface area contributed by atoms with E-state index in [0.717, 1.165) is 49.8 Å². The summed E-state index contributed by atoms with van der Waals surface area (Å²) in [6.07, 6.45) is 3.64. The van der Waals surface area contributed by atoms with Gasteiger partial charge in [0.05, 0.1) is 5.69 Å². The third-order valence-corrected chi connectivity index (χ3v) is 5.86. The molecule has 0 amide bonds. The molecule has 3 aromatic rings. The Morgan fingerprint density at radius 3 is 2.45 bits per heavy atom. The lowest BCUT2D eigenvalue weighted by atomic mass is 9.86. The number of hydrogen-bond donors (Lipinski definition) is 1. The molecule has 6 heteroatoms. The number of pyridine rings is 1. The molecule has 0 aliphatic carbocycles. The molecule has 1 unspecified atom stereocenters. The fraction of sp³-hybridized carbons (Fsp3) is 0.480. The van der Waals surface area contributed by atoms with E-state index in [0.29, 0.717) is 13.2 Å². The van der Waals surface area contributed by atoms with Crippen LogP contribution >= 0.6 is 0 Å². The zero-order chi connectivity index (χ0) is 21.8. The minimum absolute atomic E-state index is 0.0127. The molecule has 0 radical (unpaired) electrons. The summed E-state index contributed by atoms with van der Waals surface area (Å²) in [5, 5.41) is 10.5. The fourth-order valence-electron chi connectivity index (χ4n) is 4.17. The number of piperazine rings is 1. The van der Waals surface area contributed by atoms with Crippen molar-refractivity contribution in [2.24, 2.45) is 0 Å². The van der Waals surface area contributed by atoms with Crippen LogP contribution in [0.15, 0.2) is 54.9 Å². The molecule has 0 spiro atoms. The predicted octanol–water partition coefficient (Wildman–Crippen LogP) is 3.19. The lowest BCUT2D eigenvalue weighted by molar-refractivity contribution is 0.0440. The average Bonchev–Trinajstić information content (AvgIpc) is 3.15. The monoisotopic (exact) mass is 422 g/mol. The number of β-amino-alcohol motifs (C(OH)–C–C–N with tert-alkyl or cyclic N) is 1. The Morgan fingerprint density at radius 2 is 1.71 bits per heavy atom. The van der Waals surface area contributed by atoms with Crippen molar-refractivity contribution in [3.05, 3.63) is 66.1 Å². The van der Waals surface area contributed by atoms with Gasteiger partial charge in [0.15, 0.2) is 0 Å². The van der Waals surface area contributed by atoms with E-state index in [1.54, 1.807) is 0 Å². The second kappa shape index (κ2) is 9.39. The topological polar surface area (TPSA) is 53.2 Å². The highest BCUT2D eigenvalue weighted by atomic mass is 16.5. The molecule has 1 aromatic carbocycles. The lowest BCUT2D eigenvalue weighted by Crippen LogP contribution is -2.48. The van der Waals surface area contributed by atoms with Crippen LogP contribution in [0.2, 0.25) is 0 Å². The van der Waals surface area contributed by atoms with Gasteiger partial charge < -0.3 is 14.2 Å². The molecule has 6 nitrogen and oxygen atoms in total. The molecular weight excluding hydrogens is 388 g/mol. The van der Waals surface area contributed by atoms with E-state index < -0.39 is 6.10 Å². The molecule has 1 N–H and O–H groups in total. The predicted molar refractivity (Wildman–Crippen MR) is 124 cm³/mol. The van der Waals surface area contributed by atoms with E-state index >= 15 is 0 Å². The van der Waals surface area contributed by atoms with Crippen molar-refractivity contribution in [2.75, 3.05) is 39.3 Å². The van der Waals surface area contributed by atoms with Crippen LogP contribution in [0.3, 0.4) is 0 Å². The molecule has 0 saturated carbocycles. The van der Waals surface area contributed by atoms with Gasteiger partial charge in [-0.25, -0.2) is 4.98 Å². The Kier molecular flexibility index (Phi) is 6.60. The van der Waals surface area contributed by atoms with Crippen molar-refractivity contribution in [1.82, 2.24) is 19.2 Å². The number of rotatable bonds is 7. The Hall–Kier alpha value is -2.41. The fourth-order valence-corrected chi connectivity index (χ4v) is 4.17. The van der Waals surface area contributed by atoms with E-state index in [4.69, 9.17) is 9.72 Å². The Labute approximate surface area is 185 Å². The average molecular weight is 423 g/mol. The standard InChI is InChI=1S/C25H34N4O2/c1-25(2,3)22-8-4-5-9-23(22)31-19-21(30)18-28-14-12-27(13-15-28)16-20-17-29-11-7-6-10-24(29)26-20/h4-11,17,21,30H,12-16,18-19H2,1-3H3. The molecule has 1 atom stereocenters. The van der Waals surface area contributed by atoms with Crippen molar-refractivity contribution < 1.29 is 9.84 Å². The molecule has 3 heterocycles. The number of aliphatic hydroxyl groups excluding tert-OH is 1. The summed E-state index contributed by atoms with van der Waals surface area (Å²) < 4.78 is 8.07. The third-order valence-electron chi connectivity index (χ3n) is 5.86.